The zero-order valence-corrected chi connectivity index (χ0v) is 17.7. The normalized spacial score (nSPS) is 19.4. The summed E-state index contributed by atoms with van der Waals surface area (Å²) in [5.41, 5.74) is 2.88. The molecule has 5 nitrogen and oxygen atoms in total. The maximum atomic E-state index is 10.6. The number of benzene rings is 2. The van der Waals surface area contributed by atoms with Crippen molar-refractivity contribution < 1.29 is 24.1 Å². The standard InChI is InChI=1S/C24H30O5/c1-5-10-27-17-6-7-18(20(25)13-17)16-11-15-12-21(26-4)23-19(22(15)28-14-16)8-9-24(2,3)29-23/h6-7,12-13,16,25H,5,8-11,14H2,1-4H3. The van der Waals surface area contributed by atoms with Crippen molar-refractivity contribution in [2.24, 2.45) is 0 Å². The number of phenolic OH excluding ortho intramolecular Hbond substituents is 1. The number of phenols is 1. The Hall–Kier alpha value is -2.56. The number of hydrogen-bond acceptors (Lipinski definition) is 5. The van der Waals surface area contributed by atoms with Crippen LogP contribution in [-0.4, -0.2) is 31.0 Å². The van der Waals surface area contributed by atoms with Gasteiger partial charge in [-0.15, -0.1) is 0 Å². The largest absolute Gasteiger partial charge is 0.508 e. The molecule has 2 heterocycles. The van der Waals surface area contributed by atoms with Crippen LogP contribution in [0.5, 0.6) is 28.7 Å². The van der Waals surface area contributed by atoms with Gasteiger partial charge in [0.15, 0.2) is 11.5 Å². The first-order valence-corrected chi connectivity index (χ1v) is 10.4. The summed E-state index contributed by atoms with van der Waals surface area (Å²) in [4.78, 5) is 0. The minimum absolute atomic E-state index is 0.0754. The lowest BCUT2D eigenvalue weighted by molar-refractivity contribution is 0.0783. The summed E-state index contributed by atoms with van der Waals surface area (Å²) in [6, 6.07) is 7.59. The maximum Gasteiger partial charge on any atom is 0.168 e. The third kappa shape index (κ3) is 3.83. The van der Waals surface area contributed by atoms with Gasteiger partial charge >= 0.3 is 0 Å². The Morgan fingerprint density at radius 1 is 1.21 bits per heavy atom. The van der Waals surface area contributed by atoms with Gasteiger partial charge in [0.2, 0.25) is 0 Å². The second-order valence-corrected chi connectivity index (χ2v) is 8.52. The molecule has 5 heteroatoms. The molecule has 0 spiro atoms. The molecular formula is C24H30O5. The highest BCUT2D eigenvalue weighted by Crippen LogP contribution is 2.49. The molecule has 2 aliphatic heterocycles. The van der Waals surface area contributed by atoms with E-state index in [1.54, 1.807) is 13.2 Å². The van der Waals surface area contributed by atoms with Gasteiger partial charge in [0, 0.05) is 23.1 Å². The van der Waals surface area contributed by atoms with Crippen LogP contribution in [0.3, 0.4) is 0 Å². The van der Waals surface area contributed by atoms with Crippen LogP contribution >= 0.6 is 0 Å². The molecule has 2 aliphatic rings. The number of ether oxygens (including phenoxy) is 4. The summed E-state index contributed by atoms with van der Waals surface area (Å²) in [7, 11) is 1.68. The molecule has 1 atom stereocenters. The predicted octanol–water partition coefficient (Wildman–Crippen LogP) is 5.01. The highest BCUT2D eigenvalue weighted by Gasteiger charge is 2.35. The van der Waals surface area contributed by atoms with Gasteiger partial charge in [-0.2, -0.15) is 0 Å². The maximum absolute atomic E-state index is 10.6. The number of methoxy groups -OCH3 is 1. The van der Waals surface area contributed by atoms with Crippen LogP contribution in [0, 0.1) is 0 Å². The fraction of sp³-hybridized carbons (Fsp3) is 0.500. The summed E-state index contributed by atoms with van der Waals surface area (Å²) >= 11 is 0. The van der Waals surface area contributed by atoms with E-state index in [1.807, 2.05) is 18.2 Å². The van der Waals surface area contributed by atoms with Gasteiger partial charge in [-0.05, 0) is 57.2 Å². The first-order valence-electron chi connectivity index (χ1n) is 10.4. The van der Waals surface area contributed by atoms with Crippen molar-refractivity contribution in [1.29, 1.82) is 0 Å². The molecule has 0 fully saturated rings. The van der Waals surface area contributed by atoms with Gasteiger partial charge in [-0.3, -0.25) is 0 Å². The summed E-state index contributed by atoms with van der Waals surface area (Å²) in [5.74, 6) is 3.51. The third-order valence-electron chi connectivity index (χ3n) is 5.75. The van der Waals surface area contributed by atoms with Crippen molar-refractivity contribution in [2.45, 2.75) is 58.0 Å². The molecule has 1 unspecified atom stereocenters. The molecule has 0 radical (unpaired) electrons. The molecule has 29 heavy (non-hydrogen) atoms. The molecule has 0 saturated carbocycles. The molecular weight excluding hydrogens is 368 g/mol. The lowest BCUT2D eigenvalue weighted by Crippen LogP contribution is -2.33. The Labute approximate surface area is 172 Å². The van der Waals surface area contributed by atoms with Crippen LogP contribution < -0.4 is 18.9 Å². The highest BCUT2D eigenvalue weighted by atomic mass is 16.5. The zero-order chi connectivity index (χ0) is 20.6. The van der Waals surface area contributed by atoms with E-state index in [1.165, 1.54) is 0 Å². The number of hydrogen-bond donors (Lipinski definition) is 1. The van der Waals surface area contributed by atoms with Crippen molar-refractivity contribution in [1.82, 2.24) is 0 Å². The van der Waals surface area contributed by atoms with Gasteiger partial charge in [0.05, 0.1) is 20.3 Å². The molecule has 2 aromatic rings. The predicted molar refractivity (Wildman–Crippen MR) is 112 cm³/mol. The van der Waals surface area contributed by atoms with E-state index in [0.717, 1.165) is 59.6 Å². The first-order chi connectivity index (χ1) is 13.9. The lowest BCUT2D eigenvalue weighted by Gasteiger charge is -2.36. The topological polar surface area (TPSA) is 57.2 Å². The minimum Gasteiger partial charge on any atom is -0.508 e. The summed E-state index contributed by atoms with van der Waals surface area (Å²) < 4.78 is 23.7. The van der Waals surface area contributed by atoms with E-state index >= 15 is 0 Å². The fourth-order valence-electron chi connectivity index (χ4n) is 4.20. The molecule has 1 N–H and O–H groups in total. The van der Waals surface area contributed by atoms with E-state index in [2.05, 4.69) is 20.8 Å². The van der Waals surface area contributed by atoms with E-state index in [9.17, 15) is 5.11 Å². The SMILES string of the molecule is CCCOc1ccc(C2COc3c(cc(OC)c4c3CCC(C)(C)O4)C2)c(O)c1. The Bertz CT molecular complexity index is 903. The molecule has 156 valence electrons. The number of fused-ring (bicyclic) bond motifs is 3. The summed E-state index contributed by atoms with van der Waals surface area (Å²) in [5, 5.41) is 10.6. The van der Waals surface area contributed by atoms with Crippen molar-refractivity contribution in [2.75, 3.05) is 20.3 Å². The molecule has 0 amide bonds. The van der Waals surface area contributed by atoms with Crippen LogP contribution in [0.15, 0.2) is 24.3 Å². The minimum atomic E-state index is -0.209. The average Bonchev–Trinajstić information content (AvgIpc) is 2.70. The molecule has 0 saturated heterocycles. The summed E-state index contributed by atoms with van der Waals surface area (Å²) in [6.45, 7) is 7.43. The van der Waals surface area contributed by atoms with Crippen molar-refractivity contribution in [3.05, 3.63) is 41.0 Å². The van der Waals surface area contributed by atoms with Crippen LogP contribution in [0.4, 0.5) is 0 Å². The fourth-order valence-corrected chi connectivity index (χ4v) is 4.20. The molecule has 4 rings (SSSR count). The van der Waals surface area contributed by atoms with Gasteiger partial charge in [-0.25, -0.2) is 0 Å². The lowest BCUT2D eigenvalue weighted by atomic mass is 9.86. The molecule has 0 bridgehead atoms. The molecule has 0 aromatic heterocycles. The van der Waals surface area contributed by atoms with Crippen molar-refractivity contribution in [3.8, 4) is 28.7 Å². The van der Waals surface area contributed by atoms with E-state index < -0.39 is 0 Å². The van der Waals surface area contributed by atoms with E-state index in [4.69, 9.17) is 18.9 Å². The second-order valence-electron chi connectivity index (χ2n) is 8.52. The average molecular weight is 398 g/mol. The van der Waals surface area contributed by atoms with Crippen LogP contribution in [-0.2, 0) is 12.8 Å². The van der Waals surface area contributed by atoms with Crippen molar-refractivity contribution >= 4 is 0 Å². The molecule has 0 aliphatic carbocycles. The number of aromatic hydroxyl groups is 1. The van der Waals surface area contributed by atoms with Gasteiger partial charge < -0.3 is 24.1 Å². The Morgan fingerprint density at radius 2 is 2.03 bits per heavy atom. The van der Waals surface area contributed by atoms with Crippen molar-refractivity contribution in [3.63, 3.8) is 0 Å². The highest BCUT2D eigenvalue weighted by molar-refractivity contribution is 5.60. The zero-order valence-electron chi connectivity index (χ0n) is 17.7. The van der Waals surface area contributed by atoms with Crippen LogP contribution in [0.1, 0.15) is 56.2 Å². The van der Waals surface area contributed by atoms with Gasteiger partial charge in [0.25, 0.3) is 0 Å². The second kappa shape index (κ2) is 7.69. The smallest absolute Gasteiger partial charge is 0.168 e. The Kier molecular flexibility index (Phi) is 5.24. The number of rotatable bonds is 5. The first kappa shape index (κ1) is 19.7. The molecule has 2 aromatic carbocycles. The Morgan fingerprint density at radius 3 is 2.76 bits per heavy atom. The van der Waals surface area contributed by atoms with E-state index in [-0.39, 0.29) is 17.3 Å². The van der Waals surface area contributed by atoms with Crippen LogP contribution in [0.25, 0.3) is 0 Å². The monoisotopic (exact) mass is 398 g/mol. The quantitative estimate of drug-likeness (QED) is 0.767. The van der Waals surface area contributed by atoms with E-state index in [0.29, 0.717) is 19.0 Å². The third-order valence-corrected chi connectivity index (χ3v) is 5.75. The van der Waals surface area contributed by atoms with Gasteiger partial charge in [0.1, 0.15) is 22.8 Å². The van der Waals surface area contributed by atoms with Crippen LogP contribution in [0.2, 0.25) is 0 Å². The Balaban J connectivity index is 1.63. The summed E-state index contributed by atoms with van der Waals surface area (Å²) in [6.07, 6.45) is 3.56. The van der Waals surface area contributed by atoms with Gasteiger partial charge in [-0.1, -0.05) is 13.0 Å².